The van der Waals surface area contributed by atoms with Crippen molar-refractivity contribution in [3.63, 3.8) is 0 Å². The summed E-state index contributed by atoms with van der Waals surface area (Å²) in [6.45, 7) is 5.03. The smallest absolute Gasteiger partial charge is 0.131 e. The molecule has 0 radical (unpaired) electrons. The first-order chi connectivity index (χ1) is 10.1. The van der Waals surface area contributed by atoms with Crippen LogP contribution in [0.25, 0.3) is 0 Å². The molecule has 21 heavy (non-hydrogen) atoms. The van der Waals surface area contributed by atoms with Gasteiger partial charge < -0.3 is 10.1 Å². The molecule has 1 aliphatic rings. The zero-order valence-corrected chi connectivity index (χ0v) is 13.2. The summed E-state index contributed by atoms with van der Waals surface area (Å²) in [7, 11) is 0. The Balaban J connectivity index is 1.74. The maximum atomic E-state index is 6.04. The minimum absolute atomic E-state index is 0.693. The molecule has 2 aromatic rings. The molecule has 3 rings (SSSR count). The van der Waals surface area contributed by atoms with Crippen LogP contribution in [0.1, 0.15) is 29.5 Å². The number of aryl methyl sites for hydroxylation is 2. The first kappa shape index (κ1) is 14.4. The van der Waals surface area contributed by atoms with E-state index in [1.807, 2.05) is 31.2 Å². The lowest BCUT2D eigenvalue weighted by molar-refractivity contribution is 0.475. The minimum Gasteiger partial charge on any atom is -0.457 e. The van der Waals surface area contributed by atoms with Gasteiger partial charge in [-0.25, -0.2) is 0 Å². The molecule has 0 saturated heterocycles. The van der Waals surface area contributed by atoms with E-state index in [-0.39, 0.29) is 0 Å². The SMILES string of the molecule is Cc1cc(CNC2CC2)ccc1Oc1cc(Cl)ccc1C. The highest BCUT2D eigenvalue weighted by Gasteiger charge is 2.20. The second-order valence-electron chi connectivity index (χ2n) is 5.77. The Morgan fingerprint density at radius 3 is 2.57 bits per heavy atom. The van der Waals surface area contributed by atoms with Crippen molar-refractivity contribution in [3.8, 4) is 11.5 Å². The molecule has 1 saturated carbocycles. The molecule has 3 heteroatoms. The summed E-state index contributed by atoms with van der Waals surface area (Å²) < 4.78 is 6.01. The Hall–Kier alpha value is -1.51. The largest absolute Gasteiger partial charge is 0.457 e. The van der Waals surface area contributed by atoms with E-state index in [1.54, 1.807) is 0 Å². The molecule has 0 amide bonds. The highest BCUT2D eigenvalue weighted by molar-refractivity contribution is 6.30. The standard InChI is InChI=1S/C18H20ClNO/c1-12-3-5-15(19)10-18(12)21-17-8-4-14(9-13(17)2)11-20-16-6-7-16/h3-5,8-10,16,20H,6-7,11H2,1-2H3. The van der Waals surface area contributed by atoms with Crippen LogP contribution in [0, 0.1) is 13.8 Å². The number of hydrogen-bond acceptors (Lipinski definition) is 2. The van der Waals surface area contributed by atoms with Crippen LogP contribution < -0.4 is 10.1 Å². The van der Waals surface area contributed by atoms with Gasteiger partial charge in [-0.15, -0.1) is 0 Å². The first-order valence-electron chi connectivity index (χ1n) is 7.39. The van der Waals surface area contributed by atoms with E-state index < -0.39 is 0 Å². The van der Waals surface area contributed by atoms with Crippen molar-refractivity contribution in [2.75, 3.05) is 0 Å². The predicted molar refractivity (Wildman–Crippen MR) is 87.3 cm³/mol. The number of rotatable bonds is 5. The molecule has 2 nitrogen and oxygen atoms in total. The van der Waals surface area contributed by atoms with Gasteiger partial charge in [-0.05, 0) is 61.6 Å². The Bertz CT molecular complexity index is 650. The molecule has 0 unspecified atom stereocenters. The highest BCUT2D eigenvalue weighted by Crippen LogP contribution is 2.30. The average molecular weight is 302 g/mol. The van der Waals surface area contributed by atoms with Gasteiger partial charge in [-0.2, -0.15) is 0 Å². The van der Waals surface area contributed by atoms with Gasteiger partial charge in [0.15, 0.2) is 0 Å². The molecule has 0 atom stereocenters. The van der Waals surface area contributed by atoms with Crippen LogP contribution in [0.3, 0.4) is 0 Å². The second-order valence-corrected chi connectivity index (χ2v) is 6.20. The molecule has 0 aromatic heterocycles. The van der Waals surface area contributed by atoms with Crippen LogP contribution >= 0.6 is 11.6 Å². The average Bonchev–Trinajstić information content (AvgIpc) is 3.27. The summed E-state index contributed by atoms with van der Waals surface area (Å²) >= 11 is 6.04. The third-order valence-corrected chi connectivity index (χ3v) is 4.02. The molecule has 0 aliphatic heterocycles. The van der Waals surface area contributed by atoms with Gasteiger partial charge >= 0.3 is 0 Å². The Kier molecular flexibility index (Phi) is 4.18. The zero-order chi connectivity index (χ0) is 14.8. The molecular weight excluding hydrogens is 282 g/mol. The van der Waals surface area contributed by atoms with E-state index in [4.69, 9.17) is 16.3 Å². The highest BCUT2D eigenvalue weighted by atomic mass is 35.5. The van der Waals surface area contributed by atoms with E-state index in [9.17, 15) is 0 Å². The summed E-state index contributed by atoms with van der Waals surface area (Å²) in [5, 5.41) is 4.22. The number of benzene rings is 2. The molecule has 2 aromatic carbocycles. The zero-order valence-electron chi connectivity index (χ0n) is 12.4. The van der Waals surface area contributed by atoms with Crippen molar-refractivity contribution in [1.82, 2.24) is 5.32 Å². The third kappa shape index (κ3) is 3.78. The summed E-state index contributed by atoms with van der Waals surface area (Å²) in [5.41, 5.74) is 3.53. The van der Waals surface area contributed by atoms with E-state index in [2.05, 4.69) is 24.4 Å². The van der Waals surface area contributed by atoms with Crippen LogP contribution in [0.4, 0.5) is 0 Å². The van der Waals surface area contributed by atoms with Gasteiger partial charge in [0, 0.05) is 17.6 Å². The summed E-state index contributed by atoms with van der Waals surface area (Å²) in [5.74, 6) is 1.70. The van der Waals surface area contributed by atoms with Crippen molar-refractivity contribution in [2.45, 2.75) is 39.3 Å². The lowest BCUT2D eigenvalue weighted by Crippen LogP contribution is -2.15. The van der Waals surface area contributed by atoms with Gasteiger partial charge in [-0.3, -0.25) is 0 Å². The molecular formula is C18H20ClNO. The molecule has 0 spiro atoms. The van der Waals surface area contributed by atoms with Gasteiger partial charge in [0.25, 0.3) is 0 Å². The van der Waals surface area contributed by atoms with Crippen LogP contribution in [-0.4, -0.2) is 6.04 Å². The minimum atomic E-state index is 0.693. The van der Waals surface area contributed by atoms with Gasteiger partial charge in [-0.1, -0.05) is 29.8 Å². The van der Waals surface area contributed by atoms with Crippen molar-refractivity contribution >= 4 is 11.6 Å². The van der Waals surface area contributed by atoms with E-state index in [0.717, 1.165) is 35.2 Å². The number of halogens is 1. The maximum Gasteiger partial charge on any atom is 0.131 e. The summed E-state index contributed by atoms with van der Waals surface area (Å²) in [6.07, 6.45) is 2.63. The van der Waals surface area contributed by atoms with E-state index in [1.165, 1.54) is 18.4 Å². The fourth-order valence-corrected chi connectivity index (χ4v) is 2.45. The van der Waals surface area contributed by atoms with Gasteiger partial charge in [0.05, 0.1) is 0 Å². The Morgan fingerprint density at radius 2 is 1.86 bits per heavy atom. The topological polar surface area (TPSA) is 21.3 Å². The normalized spacial score (nSPS) is 14.2. The van der Waals surface area contributed by atoms with Gasteiger partial charge in [0.1, 0.15) is 11.5 Å². The van der Waals surface area contributed by atoms with E-state index >= 15 is 0 Å². The van der Waals surface area contributed by atoms with Gasteiger partial charge in [0.2, 0.25) is 0 Å². The predicted octanol–water partition coefficient (Wildman–Crippen LogP) is 5.00. The number of hydrogen-bond donors (Lipinski definition) is 1. The Labute approximate surface area is 131 Å². The fourth-order valence-electron chi connectivity index (χ4n) is 2.29. The number of nitrogens with one attached hydrogen (secondary N) is 1. The molecule has 1 aliphatic carbocycles. The van der Waals surface area contributed by atoms with Crippen molar-refractivity contribution < 1.29 is 4.74 Å². The lowest BCUT2D eigenvalue weighted by Gasteiger charge is -2.13. The van der Waals surface area contributed by atoms with Crippen LogP contribution in [0.2, 0.25) is 5.02 Å². The molecule has 1 fully saturated rings. The monoisotopic (exact) mass is 301 g/mol. The molecule has 1 N–H and O–H groups in total. The van der Waals surface area contributed by atoms with Crippen molar-refractivity contribution in [2.24, 2.45) is 0 Å². The van der Waals surface area contributed by atoms with Crippen molar-refractivity contribution in [3.05, 3.63) is 58.1 Å². The van der Waals surface area contributed by atoms with Crippen molar-refractivity contribution in [1.29, 1.82) is 0 Å². The number of ether oxygens (including phenoxy) is 1. The maximum absolute atomic E-state index is 6.04. The van der Waals surface area contributed by atoms with E-state index in [0.29, 0.717) is 5.02 Å². The summed E-state index contributed by atoms with van der Waals surface area (Å²) in [6, 6.07) is 12.8. The Morgan fingerprint density at radius 1 is 1.05 bits per heavy atom. The third-order valence-electron chi connectivity index (χ3n) is 3.78. The molecule has 0 heterocycles. The van der Waals surface area contributed by atoms with Crippen LogP contribution in [0.15, 0.2) is 36.4 Å². The summed E-state index contributed by atoms with van der Waals surface area (Å²) in [4.78, 5) is 0. The lowest BCUT2D eigenvalue weighted by atomic mass is 10.1. The van der Waals surface area contributed by atoms with Crippen LogP contribution in [-0.2, 0) is 6.54 Å². The fraction of sp³-hybridized carbons (Fsp3) is 0.333. The molecule has 110 valence electrons. The van der Waals surface area contributed by atoms with Crippen LogP contribution in [0.5, 0.6) is 11.5 Å². The molecule has 0 bridgehead atoms. The quantitative estimate of drug-likeness (QED) is 0.839. The first-order valence-corrected chi connectivity index (χ1v) is 7.76. The second kappa shape index (κ2) is 6.08.